The Hall–Kier alpha value is -0.760. The zero-order valence-corrected chi connectivity index (χ0v) is 16.7. The largest absolute Gasteiger partial charge is 0.378 e. The third-order valence-corrected chi connectivity index (χ3v) is 6.23. The van der Waals surface area contributed by atoms with E-state index in [0.717, 1.165) is 17.8 Å². The molecule has 2 rings (SSSR count). The number of nitrogens with zero attached hydrogens (tertiary/aromatic N) is 2. The molecule has 138 valence electrons. The molecule has 0 aromatic carbocycles. The summed E-state index contributed by atoms with van der Waals surface area (Å²) in [4.78, 5) is 12.6. The van der Waals surface area contributed by atoms with Crippen molar-refractivity contribution in [2.45, 2.75) is 71.4 Å². The minimum atomic E-state index is -0.937. The SMILES string of the molecule is CCOC1CC(N)(C(=O)Nc2nnc(C(CC)CC)s2)C1(C)C.Cl. The number of halogens is 1. The second-order valence-corrected chi connectivity index (χ2v) is 7.76. The van der Waals surface area contributed by atoms with Crippen LogP contribution in [0.15, 0.2) is 0 Å². The number of hydrogen-bond acceptors (Lipinski definition) is 6. The third-order valence-electron chi connectivity index (χ3n) is 5.23. The lowest BCUT2D eigenvalue weighted by Gasteiger charge is -2.57. The van der Waals surface area contributed by atoms with E-state index in [4.69, 9.17) is 10.5 Å². The Balaban J connectivity index is 0.00000288. The van der Waals surface area contributed by atoms with E-state index in [1.165, 1.54) is 11.3 Å². The predicted molar refractivity (Wildman–Crippen MR) is 99.8 cm³/mol. The van der Waals surface area contributed by atoms with Crippen LogP contribution in [0.1, 0.15) is 64.8 Å². The molecular formula is C16H29ClN4O2S. The average molecular weight is 377 g/mol. The lowest BCUT2D eigenvalue weighted by molar-refractivity contribution is -0.166. The van der Waals surface area contributed by atoms with E-state index in [1.54, 1.807) is 0 Å². The number of hydrogen-bond donors (Lipinski definition) is 2. The molecule has 0 bridgehead atoms. The van der Waals surface area contributed by atoms with E-state index < -0.39 is 11.0 Å². The van der Waals surface area contributed by atoms with Crippen LogP contribution in [0.2, 0.25) is 0 Å². The molecule has 3 N–H and O–H groups in total. The number of amides is 1. The molecule has 0 saturated heterocycles. The second-order valence-electron chi connectivity index (χ2n) is 6.75. The van der Waals surface area contributed by atoms with Crippen molar-refractivity contribution < 1.29 is 9.53 Å². The van der Waals surface area contributed by atoms with E-state index in [-0.39, 0.29) is 24.4 Å². The van der Waals surface area contributed by atoms with Gasteiger partial charge in [0, 0.05) is 24.4 Å². The Morgan fingerprint density at radius 3 is 2.50 bits per heavy atom. The number of aromatic nitrogens is 2. The van der Waals surface area contributed by atoms with Gasteiger partial charge in [-0.1, -0.05) is 39.0 Å². The molecular weight excluding hydrogens is 348 g/mol. The van der Waals surface area contributed by atoms with Crippen LogP contribution in [0.5, 0.6) is 0 Å². The van der Waals surface area contributed by atoms with Gasteiger partial charge in [0.15, 0.2) is 0 Å². The molecule has 0 aliphatic heterocycles. The predicted octanol–water partition coefficient (Wildman–Crippen LogP) is 3.33. The zero-order valence-electron chi connectivity index (χ0n) is 15.1. The van der Waals surface area contributed by atoms with Crippen LogP contribution in [0.25, 0.3) is 0 Å². The lowest BCUT2D eigenvalue weighted by Crippen LogP contribution is -2.74. The van der Waals surface area contributed by atoms with E-state index >= 15 is 0 Å². The summed E-state index contributed by atoms with van der Waals surface area (Å²) in [5, 5.41) is 12.6. The van der Waals surface area contributed by atoms with E-state index in [1.807, 2.05) is 20.8 Å². The number of nitrogens with one attached hydrogen (secondary N) is 1. The standard InChI is InChI=1S/C16H28N4O2S.ClH/c1-6-10(7-2)12-19-20-14(23-12)18-13(21)16(17)9-11(22-8-3)15(16,4)5;/h10-11H,6-9,17H2,1-5H3,(H,18,20,21);1H. The monoisotopic (exact) mass is 376 g/mol. The van der Waals surface area contributed by atoms with Crippen LogP contribution in [0.3, 0.4) is 0 Å². The smallest absolute Gasteiger partial charge is 0.247 e. The molecule has 1 amide bonds. The Bertz CT molecular complexity index is 562. The fourth-order valence-electron chi connectivity index (χ4n) is 3.12. The number of rotatable bonds is 7. The van der Waals surface area contributed by atoms with Crippen LogP contribution in [0, 0.1) is 5.41 Å². The summed E-state index contributed by atoms with van der Waals surface area (Å²) < 4.78 is 5.67. The first-order chi connectivity index (χ1) is 10.8. The maximum atomic E-state index is 12.6. The highest BCUT2D eigenvalue weighted by molar-refractivity contribution is 7.15. The van der Waals surface area contributed by atoms with Gasteiger partial charge in [0.1, 0.15) is 10.5 Å². The van der Waals surface area contributed by atoms with Crippen LogP contribution < -0.4 is 11.1 Å². The highest BCUT2D eigenvalue weighted by atomic mass is 35.5. The molecule has 1 heterocycles. The van der Waals surface area contributed by atoms with Crippen LogP contribution in [-0.4, -0.2) is 34.4 Å². The molecule has 8 heteroatoms. The average Bonchev–Trinajstić information content (AvgIpc) is 2.96. The van der Waals surface area contributed by atoms with E-state index in [0.29, 0.717) is 24.1 Å². The second kappa shape index (κ2) is 8.08. The molecule has 2 atom stereocenters. The molecule has 1 aliphatic rings. The summed E-state index contributed by atoms with van der Waals surface area (Å²) >= 11 is 1.44. The van der Waals surface area contributed by atoms with Gasteiger partial charge in [-0.2, -0.15) is 0 Å². The summed E-state index contributed by atoms with van der Waals surface area (Å²) in [6, 6.07) is 0. The van der Waals surface area contributed by atoms with Crippen molar-refractivity contribution in [3.8, 4) is 0 Å². The molecule has 1 fully saturated rings. The molecule has 0 spiro atoms. The highest BCUT2D eigenvalue weighted by Gasteiger charge is 2.63. The third kappa shape index (κ3) is 3.59. The molecule has 24 heavy (non-hydrogen) atoms. The van der Waals surface area contributed by atoms with E-state index in [2.05, 4.69) is 29.4 Å². The number of carbonyl (C=O) groups excluding carboxylic acids is 1. The number of nitrogens with two attached hydrogens (primary N) is 1. The van der Waals surface area contributed by atoms with Gasteiger partial charge >= 0.3 is 0 Å². The van der Waals surface area contributed by atoms with Gasteiger partial charge in [-0.05, 0) is 19.8 Å². The Morgan fingerprint density at radius 1 is 1.38 bits per heavy atom. The van der Waals surface area contributed by atoms with Gasteiger partial charge in [0.05, 0.1) is 6.10 Å². The maximum Gasteiger partial charge on any atom is 0.247 e. The van der Waals surface area contributed by atoms with Crippen molar-refractivity contribution in [2.75, 3.05) is 11.9 Å². The van der Waals surface area contributed by atoms with Gasteiger partial charge in [-0.25, -0.2) is 0 Å². The van der Waals surface area contributed by atoms with Gasteiger partial charge in [-0.15, -0.1) is 22.6 Å². The normalized spacial score (nSPS) is 25.0. The Labute approximate surface area is 154 Å². The van der Waals surface area contributed by atoms with Crippen LogP contribution in [-0.2, 0) is 9.53 Å². The first kappa shape index (κ1) is 21.3. The minimum Gasteiger partial charge on any atom is -0.378 e. The fraction of sp³-hybridized carbons (Fsp3) is 0.812. The summed E-state index contributed by atoms with van der Waals surface area (Å²) in [5.41, 5.74) is 5.03. The molecule has 1 aliphatic carbocycles. The number of ether oxygens (including phenoxy) is 1. The Kier molecular flexibility index (Phi) is 7.16. The lowest BCUT2D eigenvalue weighted by atomic mass is 9.54. The van der Waals surface area contributed by atoms with Crippen molar-refractivity contribution in [2.24, 2.45) is 11.1 Å². The first-order valence-corrected chi connectivity index (χ1v) is 9.17. The summed E-state index contributed by atoms with van der Waals surface area (Å²) in [6.07, 6.45) is 2.57. The number of anilines is 1. The van der Waals surface area contributed by atoms with Crippen molar-refractivity contribution in [1.82, 2.24) is 10.2 Å². The summed E-state index contributed by atoms with van der Waals surface area (Å²) in [7, 11) is 0. The van der Waals surface area contributed by atoms with Gasteiger partial charge in [-0.3, -0.25) is 10.1 Å². The van der Waals surface area contributed by atoms with Crippen molar-refractivity contribution in [1.29, 1.82) is 0 Å². The summed E-state index contributed by atoms with van der Waals surface area (Å²) in [5.74, 6) is 0.193. The molecule has 1 saturated carbocycles. The summed E-state index contributed by atoms with van der Waals surface area (Å²) in [6.45, 7) is 10.8. The highest BCUT2D eigenvalue weighted by Crippen LogP contribution is 2.50. The molecule has 2 unspecified atom stereocenters. The van der Waals surface area contributed by atoms with Crippen molar-refractivity contribution in [3.63, 3.8) is 0 Å². The molecule has 1 aromatic rings. The van der Waals surface area contributed by atoms with Crippen molar-refractivity contribution in [3.05, 3.63) is 5.01 Å². The minimum absolute atomic E-state index is 0. The van der Waals surface area contributed by atoms with Crippen LogP contribution >= 0.6 is 23.7 Å². The number of carbonyl (C=O) groups is 1. The van der Waals surface area contributed by atoms with Crippen LogP contribution in [0.4, 0.5) is 5.13 Å². The fourth-order valence-corrected chi connectivity index (χ4v) is 4.12. The van der Waals surface area contributed by atoms with E-state index in [9.17, 15) is 4.79 Å². The quantitative estimate of drug-likeness (QED) is 0.761. The topological polar surface area (TPSA) is 90.1 Å². The van der Waals surface area contributed by atoms with Gasteiger partial charge in [0.2, 0.25) is 11.0 Å². The van der Waals surface area contributed by atoms with Gasteiger partial charge < -0.3 is 10.5 Å². The zero-order chi connectivity index (χ0) is 17.3. The maximum absolute atomic E-state index is 12.6. The molecule has 1 aromatic heterocycles. The van der Waals surface area contributed by atoms with Crippen molar-refractivity contribution >= 4 is 34.8 Å². The van der Waals surface area contributed by atoms with Gasteiger partial charge in [0.25, 0.3) is 0 Å². The molecule has 6 nitrogen and oxygen atoms in total. The molecule has 0 radical (unpaired) electrons. The first-order valence-electron chi connectivity index (χ1n) is 8.35. The Morgan fingerprint density at radius 2 is 2.00 bits per heavy atom.